The lowest BCUT2D eigenvalue weighted by Gasteiger charge is -2.28. The minimum atomic E-state index is -0.116. The van der Waals surface area contributed by atoms with Gasteiger partial charge in [-0.05, 0) is 42.7 Å². The van der Waals surface area contributed by atoms with Gasteiger partial charge in [-0.1, -0.05) is 6.07 Å². The molecule has 0 aromatic carbocycles. The van der Waals surface area contributed by atoms with Crippen LogP contribution < -0.4 is 5.73 Å². The average molecular weight is 245 g/mol. The Labute approximate surface area is 107 Å². The Bertz CT molecular complexity index is 476. The fraction of sp³-hybridized carbons (Fsp3) is 0.643. The average Bonchev–Trinajstić information content (AvgIpc) is 2.91. The number of aliphatic hydroxyl groups is 1. The van der Waals surface area contributed by atoms with Crippen molar-refractivity contribution >= 4 is 5.82 Å². The van der Waals surface area contributed by atoms with Crippen LogP contribution in [0.5, 0.6) is 0 Å². The van der Waals surface area contributed by atoms with E-state index in [1.165, 1.54) is 12.8 Å². The van der Waals surface area contributed by atoms with Gasteiger partial charge in [0, 0.05) is 19.1 Å². The van der Waals surface area contributed by atoms with Gasteiger partial charge in [0.05, 0.1) is 11.8 Å². The van der Waals surface area contributed by atoms with Crippen LogP contribution in [0.2, 0.25) is 0 Å². The van der Waals surface area contributed by atoms with Crippen molar-refractivity contribution in [2.24, 2.45) is 17.8 Å². The maximum Gasteiger partial charge on any atom is 0.123 e. The van der Waals surface area contributed by atoms with Crippen molar-refractivity contribution in [3.05, 3.63) is 23.9 Å². The molecule has 0 spiro atoms. The van der Waals surface area contributed by atoms with Crippen molar-refractivity contribution in [2.75, 3.05) is 12.3 Å². The minimum absolute atomic E-state index is 0.116. The van der Waals surface area contributed by atoms with Gasteiger partial charge in [0.1, 0.15) is 5.82 Å². The number of aromatic nitrogens is 1. The molecule has 96 valence electrons. The number of nitrogens with zero attached hydrogens (tertiary/aromatic N) is 2. The van der Waals surface area contributed by atoms with Gasteiger partial charge in [-0.25, -0.2) is 4.98 Å². The lowest BCUT2D eigenvalue weighted by atomic mass is 9.88. The molecule has 2 saturated carbocycles. The van der Waals surface area contributed by atoms with Crippen LogP contribution >= 0.6 is 0 Å². The monoisotopic (exact) mass is 245 g/mol. The van der Waals surface area contributed by atoms with E-state index in [0.717, 1.165) is 30.6 Å². The summed E-state index contributed by atoms with van der Waals surface area (Å²) in [6, 6.07) is 6.17. The predicted octanol–water partition coefficient (Wildman–Crippen LogP) is 0.865. The fourth-order valence-electron chi connectivity index (χ4n) is 4.52. The predicted molar refractivity (Wildman–Crippen MR) is 68.6 cm³/mol. The van der Waals surface area contributed by atoms with Crippen molar-refractivity contribution < 1.29 is 5.11 Å². The number of anilines is 1. The Morgan fingerprint density at radius 3 is 3.00 bits per heavy atom. The molecule has 5 unspecified atom stereocenters. The fourth-order valence-corrected chi connectivity index (χ4v) is 4.52. The summed E-state index contributed by atoms with van der Waals surface area (Å²) in [5, 5.41) is 10.3. The van der Waals surface area contributed by atoms with Gasteiger partial charge in [0.15, 0.2) is 0 Å². The molecular weight excluding hydrogens is 226 g/mol. The third kappa shape index (κ3) is 1.42. The summed E-state index contributed by atoms with van der Waals surface area (Å²) < 4.78 is 0. The summed E-state index contributed by atoms with van der Waals surface area (Å²) in [6.07, 6.45) is 2.34. The molecule has 2 aliphatic carbocycles. The van der Waals surface area contributed by atoms with E-state index in [-0.39, 0.29) is 6.10 Å². The number of rotatable bonds is 2. The molecule has 3 aliphatic rings. The molecule has 3 N–H and O–H groups in total. The van der Waals surface area contributed by atoms with Crippen molar-refractivity contribution in [3.8, 4) is 0 Å². The first-order valence-electron chi connectivity index (χ1n) is 6.86. The van der Waals surface area contributed by atoms with E-state index in [4.69, 9.17) is 5.73 Å². The minimum Gasteiger partial charge on any atom is -0.391 e. The maximum absolute atomic E-state index is 10.3. The standard InChI is InChI=1S/C14H19N3O/c15-12-3-1-2-10(16-12)7-17-6-9-4-8-5-11(9)13(17)14(8)18/h1-3,8-9,11,13-14,18H,4-7H2,(H2,15,16). The number of fused-ring (bicyclic) bond motifs is 1. The first-order chi connectivity index (χ1) is 8.72. The van der Waals surface area contributed by atoms with Crippen LogP contribution in [0.1, 0.15) is 18.5 Å². The van der Waals surface area contributed by atoms with Gasteiger partial charge in [0.25, 0.3) is 0 Å². The van der Waals surface area contributed by atoms with Gasteiger partial charge in [-0.3, -0.25) is 4.90 Å². The lowest BCUT2D eigenvalue weighted by Crippen LogP contribution is -2.40. The second kappa shape index (κ2) is 3.68. The highest BCUT2D eigenvalue weighted by molar-refractivity contribution is 5.29. The van der Waals surface area contributed by atoms with Crippen LogP contribution in [0.4, 0.5) is 5.82 Å². The highest BCUT2D eigenvalue weighted by Gasteiger charge is 2.58. The number of nitrogens with two attached hydrogens (primary N) is 1. The van der Waals surface area contributed by atoms with E-state index in [1.54, 1.807) is 0 Å². The van der Waals surface area contributed by atoms with E-state index in [2.05, 4.69) is 9.88 Å². The highest BCUT2D eigenvalue weighted by Crippen LogP contribution is 2.55. The van der Waals surface area contributed by atoms with Crippen LogP contribution in [0.25, 0.3) is 0 Å². The van der Waals surface area contributed by atoms with Crippen LogP contribution in [0, 0.1) is 17.8 Å². The Hall–Kier alpha value is -1.13. The Balaban J connectivity index is 1.57. The Kier molecular flexibility index (Phi) is 2.20. The SMILES string of the molecule is Nc1cccc(CN2CC3CC4CC3C2C4O)n1. The molecule has 2 heterocycles. The first-order valence-corrected chi connectivity index (χ1v) is 6.86. The summed E-state index contributed by atoms with van der Waals surface area (Å²) in [6.45, 7) is 1.95. The Morgan fingerprint density at radius 1 is 1.33 bits per heavy atom. The largest absolute Gasteiger partial charge is 0.391 e. The van der Waals surface area contributed by atoms with Crippen molar-refractivity contribution in [3.63, 3.8) is 0 Å². The van der Waals surface area contributed by atoms with Gasteiger partial charge in [-0.15, -0.1) is 0 Å². The summed E-state index contributed by atoms with van der Waals surface area (Å²) in [4.78, 5) is 6.79. The molecule has 18 heavy (non-hydrogen) atoms. The molecule has 0 amide bonds. The zero-order valence-electron chi connectivity index (χ0n) is 10.4. The van der Waals surface area contributed by atoms with Gasteiger partial charge in [-0.2, -0.15) is 0 Å². The lowest BCUT2D eigenvalue weighted by molar-refractivity contribution is 0.0480. The number of hydrogen-bond donors (Lipinski definition) is 2. The maximum atomic E-state index is 10.3. The summed E-state index contributed by atoms with van der Waals surface area (Å²) in [5.41, 5.74) is 6.74. The van der Waals surface area contributed by atoms with Crippen molar-refractivity contribution in [1.82, 2.24) is 9.88 Å². The molecule has 4 rings (SSSR count). The van der Waals surface area contributed by atoms with Crippen LogP contribution in [-0.2, 0) is 6.54 Å². The van der Waals surface area contributed by atoms with E-state index in [9.17, 15) is 5.11 Å². The zero-order valence-corrected chi connectivity index (χ0v) is 10.4. The van der Waals surface area contributed by atoms with Gasteiger partial charge in [0.2, 0.25) is 0 Å². The molecule has 1 saturated heterocycles. The van der Waals surface area contributed by atoms with E-state index < -0.39 is 0 Å². The molecule has 4 nitrogen and oxygen atoms in total. The smallest absolute Gasteiger partial charge is 0.123 e. The van der Waals surface area contributed by atoms with E-state index in [1.807, 2.05) is 18.2 Å². The third-order valence-corrected chi connectivity index (χ3v) is 5.14. The van der Waals surface area contributed by atoms with Gasteiger partial charge >= 0.3 is 0 Å². The van der Waals surface area contributed by atoms with Crippen molar-refractivity contribution in [2.45, 2.75) is 31.5 Å². The molecule has 1 aromatic heterocycles. The molecule has 0 radical (unpaired) electrons. The van der Waals surface area contributed by atoms with Crippen LogP contribution in [0.15, 0.2) is 18.2 Å². The second-order valence-corrected chi connectivity index (χ2v) is 6.12. The van der Waals surface area contributed by atoms with Crippen LogP contribution in [0.3, 0.4) is 0 Å². The van der Waals surface area contributed by atoms with Crippen LogP contribution in [-0.4, -0.2) is 33.7 Å². The molecule has 5 atom stereocenters. The first kappa shape index (κ1) is 10.8. The van der Waals surface area contributed by atoms with E-state index >= 15 is 0 Å². The molecule has 3 fully saturated rings. The summed E-state index contributed by atoms with van der Waals surface area (Å²) in [5.74, 6) is 2.68. The number of aliphatic hydroxyl groups excluding tert-OH is 1. The summed E-state index contributed by atoms with van der Waals surface area (Å²) in [7, 11) is 0. The quantitative estimate of drug-likeness (QED) is 0.811. The number of pyridine rings is 1. The molecule has 1 aliphatic heterocycles. The zero-order chi connectivity index (χ0) is 12.3. The third-order valence-electron chi connectivity index (χ3n) is 5.14. The number of likely N-dealkylation sites (tertiary alicyclic amines) is 1. The Morgan fingerprint density at radius 2 is 2.22 bits per heavy atom. The number of nitrogen functional groups attached to an aromatic ring is 1. The molecule has 2 bridgehead atoms. The topological polar surface area (TPSA) is 62.4 Å². The normalized spacial score (nSPS) is 41.7. The molecule has 1 aromatic rings. The highest BCUT2D eigenvalue weighted by atomic mass is 16.3. The molecule has 4 heteroatoms. The second-order valence-electron chi connectivity index (χ2n) is 6.12. The summed E-state index contributed by atoms with van der Waals surface area (Å²) >= 11 is 0. The van der Waals surface area contributed by atoms with Crippen molar-refractivity contribution in [1.29, 1.82) is 0 Å². The van der Waals surface area contributed by atoms with Gasteiger partial charge < -0.3 is 10.8 Å². The molecular formula is C14H19N3O. The number of hydrogen-bond acceptors (Lipinski definition) is 4. The van der Waals surface area contributed by atoms with E-state index in [0.29, 0.717) is 17.8 Å².